The summed E-state index contributed by atoms with van der Waals surface area (Å²) in [4.78, 5) is 38.1. The quantitative estimate of drug-likeness (QED) is 0.0261. The molecule has 0 aromatic heterocycles. The Balaban J connectivity index is 4.22. The van der Waals surface area contributed by atoms with Crippen LogP contribution < -0.4 is 0 Å². The lowest BCUT2D eigenvalue weighted by atomic mass is 10.0. The van der Waals surface area contributed by atoms with Crippen LogP contribution in [0, 0.1) is 0 Å². The number of esters is 3. The summed E-state index contributed by atoms with van der Waals surface area (Å²) >= 11 is 0. The lowest BCUT2D eigenvalue weighted by Gasteiger charge is -2.18. The van der Waals surface area contributed by atoms with E-state index in [2.05, 4.69) is 106 Å². The van der Waals surface area contributed by atoms with Crippen molar-refractivity contribution in [3.05, 3.63) is 85.1 Å². The van der Waals surface area contributed by atoms with E-state index in [1.54, 1.807) is 0 Å². The Kier molecular flexibility index (Phi) is 57.3. The Labute approximate surface area is 445 Å². The van der Waals surface area contributed by atoms with Crippen molar-refractivity contribution in [2.75, 3.05) is 13.2 Å². The number of hydrogen-bond acceptors (Lipinski definition) is 6. The Morgan fingerprint density at radius 1 is 0.292 bits per heavy atom. The van der Waals surface area contributed by atoms with Crippen LogP contribution in [0.4, 0.5) is 0 Å². The van der Waals surface area contributed by atoms with E-state index in [-0.39, 0.29) is 31.1 Å². The molecule has 0 aromatic rings. The molecule has 0 fully saturated rings. The van der Waals surface area contributed by atoms with Crippen LogP contribution in [-0.4, -0.2) is 37.2 Å². The van der Waals surface area contributed by atoms with Gasteiger partial charge in [-0.3, -0.25) is 14.4 Å². The van der Waals surface area contributed by atoms with E-state index in [1.165, 1.54) is 148 Å². The third-order valence-electron chi connectivity index (χ3n) is 13.1. The summed E-state index contributed by atoms with van der Waals surface area (Å²) in [6.45, 7) is 6.49. The van der Waals surface area contributed by atoms with Gasteiger partial charge in [-0.05, 0) is 96.3 Å². The summed E-state index contributed by atoms with van der Waals surface area (Å²) in [6, 6.07) is 0. The van der Waals surface area contributed by atoms with Gasteiger partial charge < -0.3 is 14.2 Å². The van der Waals surface area contributed by atoms with Crippen molar-refractivity contribution in [1.82, 2.24) is 0 Å². The highest BCUT2D eigenvalue weighted by molar-refractivity contribution is 5.71. The topological polar surface area (TPSA) is 78.9 Å². The van der Waals surface area contributed by atoms with Crippen LogP contribution in [0.1, 0.15) is 297 Å². The van der Waals surface area contributed by atoms with Crippen LogP contribution in [0.2, 0.25) is 0 Å². The maximum absolute atomic E-state index is 12.9. The molecule has 6 nitrogen and oxygen atoms in total. The normalized spacial score (nSPS) is 12.7. The molecule has 1 unspecified atom stereocenters. The average Bonchev–Trinajstić information content (AvgIpc) is 3.38. The van der Waals surface area contributed by atoms with Crippen LogP contribution >= 0.6 is 0 Å². The van der Waals surface area contributed by atoms with Crippen molar-refractivity contribution in [3.8, 4) is 0 Å². The van der Waals surface area contributed by atoms with Crippen molar-refractivity contribution < 1.29 is 28.6 Å². The first-order chi connectivity index (χ1) is 35.5. The zero-order chi connectivity index (χ0) is 52.2. The molecule has 0 rings (SSSR count). The fraction of sp³-hybridized carbons (Fsp3) is 0.742. The molecule has 0 saturated heterocycles. The molecular weight excluding hydrogens is 889 g/mol. The molecule has 0 aromatic carbocycles. The van der Waals surface area contributed by atoms with Gasteiger partial charge in [0.15, 0.2) is 6.10 Å². The summed E-state index contributed by atoms with van der Waals surface area (Å²) in [7, 11) is 0. The minimum atomic E-state index is -0.782. The number of unbranched alkanes of at least 4 members (excludes halogenated alkanes) is 30. The molecule has 0 aliphatic rings. The SMILES string of the molecule is CC/C=C\C/C=C\C/C=C\C/C=C\CCCCCCCCCCCCCCC(=O)OCC(COC(=O)CCCCCCCCCC)OC(=O)CCCCCCCC/C=C\C/C=C\C/C=C\CCCCCCC. The maximum atomic E-state index is 12.9. The largest absolute Gasteiger partial charge is 0.462 e. The molecule has 414 valence electrons. The van der Waals surface area contributed by atoms with Gasteiger partial charge in [0.2, 0.25) is 0 Å². The molecule has 0 amide bonds. The molecular formula is C66H114O6. The predicted octanol–water partition coefficient (Wildman–Crippen LogP) is 20.7. The molecule has 0 spiro atoms. The highest BCUT2D eigenvalue weighted by Crippen LogP contribution is 2.16. The second kappa shape index (κ2) is 60.1. The molecule has 0 radical (unpaired) electrons. The first-order valence-corrected chi connectivity index (χ1v) is 30.6. The van der Waals surface area contributed by atoms with Crippen LogP contribution in [0.5, 0.6) is 0 Å². The summed E-state index contributed by atoms with van der Waals surface area (Å²) in [6.07, 6.45) is 78.8. The van der Waals surface area contributed by atoms with E-state index < -0.39 is 6.10 Å². The van der Waals surface area contributed by atoms with Crippen LogP contribution in [0.3, 0.4) is 0 Å². The zero-order valence-corrected chi connectivity index (χ0v) is 47.4. The highest BCUT2D eigenvalue weighted by Gasteiger charge is 2.19. The van der Waals surface area contributed by atoms with E-state index in [0.717, 1.165) is 109 Å². The Bertz CT molecular complexity index is 1380. The van der Waals surface area contributed by atoms with Crippen molar-refractivity contribution in [1.29, 1.82) is 0 Å². The molecule has 6 heteroatoms. The molecule has 0 bridgehead atoms. The van der Waals surface area contributed by atoms with Crippen molar-refractivity contribution >= 4 is 17.9 Å². The first-order valence-electron chi connectivity index (χ1n) is 30.6. The summed E-state index contributed by atoms with van der Waals surface area (Å²) in [5, 5.41) is 0. The van der Waals surface area contributed by atoms with Crippen LogP contribution in [0.25, 0.3) is 0 Å². The van der Waals surface area contributed by atoms with Crippen molar-refractivity contribution in [2.24, 2.45) is 0 Å². The van der Waals surface area contributed by atoms with Gasteiger partial charge in [-0.25, -0.2) is 0 Å². The summed E-state index contributed by atoms with van der Waals surface area (Å²) in [5.41, 5.74) is 0. The number of hydrogen-bond donors (Lipinski definition) is 0. The summed E-state index contributed by atoms with van der Waals surface area (Å²) < 4.78 is 16.8. The van der Waals surface area contributed by atoms with E-state index >= 15 is 0 Å². The lowest BCUT2D eigenvalue weighted by molar-refractivity contribution is -0.167. The average molecular weight is 1000 g/mol. The smallest absolute Gasteiger partial charge is 0.306 e. The molecule has 0 saturated carbocycles. The van der Waals surface area contributed by atoms with Gasteiger partial charge in [-0.15, -0.1) is 0 Å². The minimum absolute atomic E-state index is 0.0804. The number of carbonyl (C=O) groups is 3. The first kappa shape index (κ1) is 68.6. The summed E-state index contributed by atoms with van der Waals surface area (Å²) in [5.74, 6) is -0.891. The zero-order valence-electron chi connectivity index (χ0n) is 47.4. The Hall–Kier alpha value is -3.41. The Morgan fingerprint density at radius 2 is 0.542 bits per heavy atom. The molecule has 0 aliphatic heterocycles. The van der Waals surface area contributed by atoms with Gasteiger partial charge in [0.25, 0.3) is 0 Å². The van der Waals surface area contributed by atoms with Crippen LogP contribution in [0.15, 0.2) is 85.1 Å². The fourth-order valence-electron chi connectivity index (χ4n) is 8.56. The highest BCUT2D eigenvalue weighted by atomic mass is 16.6. The van der Waals surface area contributed by atoms with Crippen molar-refractivity contribution in [3.63, 3.8) is 0 Å². The van der Waals surface area contributed by atoms with Gasteiger partial charge in [0.05, 0.1) is 0 Å². The van der Waals surface area contributed by atoms with E-state index in [9.17, 15) is 14.4 Å². The third-order valence-corrected chi connectivity index (χ3v) is 13.1. The van der Waals surface area contributed by atoms with E-state index in [4.69, 9.17) is 14.2 Å². The molecule has 1 atom stereocenters. The lowest BCUT2D eigenvalue weighted by Crippen LogP contribution is -2.30. The van der Waals surface area contributed by atoms with E-state index in [0.29, 0.717) is 19.3 Å². The third kappa shape index (κ3) is 57.5. The van der Waals surface area contributed by atoms with Gasteiger partial charge in [0, 0.05) is 19.3 Å². The number of allylic oxidation sites excluding steroid dienone is 14. The van der Waals surface area contributed by atoms with Gasteiger partial charge in [-0.2, -0.15) is 0 Å². The molecule has 0 N–H and O–H groups in total. The number of carbonyl (C=O) groups excluding carboxylic acids is 3. The van der Waals surface area contributed by atoms with Gasteiger partial charge >= 0.3 is 17.9 Å². The molecule has 72 heavy (non-hydrogen) atoms. The monoisotopic (exact) mass is 1000 g/mol. The van der Waals surface area contributed by atoms with Gasteiger partial charge in [-0.1, -0.05) is 266 Å². The second-order valence-electron chi connectivity index (χ2n) is 20.2. The Morgan fingerprint density at radius 3 is 0.847 bits per heavy atom. The van der Waals surface area contributed by atoms with Crippen LogP contribution in [-0.2, 0) is 28.6 Å². The standard InChI is InChI=1S/C66H114O6/c1-4-7-10-13-16-19-21-23-25-27-29-31-32-33-34-36-37-39-41-43-45-47-50-53-56-59-65(68)71-62-63(61-70-64(67)58-55-52-49-18-15-12-9-6-3)72-66(69)60-57-54-51-48-46-44-42-40-38-35-30-28-26-24-22-20-17-14-11-8-5-2/h7,10,16,19,22-25,28-31,38,40,63H,4-6,8-9,11-15,17-18,20-21,26-27,32-37,39,41-62H2,1-3H3/b10-7-,19-16-,24-22-,25-23-,30-28-,31-29-,40-38-. The minimum Gasteiger partial charge on any atom is -0.462 e. The van der Waals surface area contributed by atoms with Gasteiger partial charge in [0.1, 0.15) is 13.2 Å². The van der Waals surface area contributed by atoms with E-state index in [1.807, 2.05) is 0 Å². The number of ether oxygens (including phenoxy) is 3. The molecule has 0 aliphatic carbocycles. The molecule has 0 heterocycles. The van der Waals surface area contributed by atoms with Crippen molar-refractivity contribution in [2.45, 2.75) is 303 Å². The predicted molar refractivity (Wildman–Crippen MR) is 311 cm³/mol. The second-order valence-corrected chi connectivity index (χ2v) is 20.2. The fourth-order valence-corrected chi connectivity index (χ4v) is 8.56. The number of rotatable bonds is 55. The maximum Gasteiger partial charge on any atom is 0.306 e.